The summed E-state index contributed by atoms with van der Waals surface area (Å²) in [4.78, 5) is 10.6. The molecule has 1 spiro atoms. The van der Waals surface area contributed by atoms with Crippen molar-refractivity contribution >= 4 is 39.3 Å². The summed E-state index contributed by atoms with van der Waals surface area (Å²) in [6.45, 7) is 0.721. The van der Waals surface area contributed by atoms with Crippen LogP contribution in [0.2, 0.25) is 0 Å². The zero-order valence-electron chi connectivity index (χ0n) is 14.9. The number of hydroxylamine groups is 1. The Morgan fingerprint density at radius 2 is 1.96 bits per heavy atom. The standard InChI is InChI=1S/C19H21N3O2S2/c1-23-14-10-8-13(9-11-14)21-17-19(12-20-18(25-3)26-19)15-6-4-5-7-16(15)22(17)24-2/h4-11,17,21H,12H2,1-3H3/t17-,19-/m0/s1. The molecule has 4 rings (SSSR count). The Balaban J connectivity index is 1.73. The van der Waals surface area contributed by atoms with Gasteiger partial charge in [0.1, 0.15) is 21.0 Å². The molecule has 2 heterocycles. The fourth-order valence-corrected chi connectivity index (χ4v) is 5.61. The van der Waals surface area contributed by atoms with Crippen LogP contribution in [0.4, 0.5) is 11.4 Å². The van der Waals surface area contributed by atoms with Crippen LogP contribution in [-0.2, 0) is 9.58 Å². The number of para-hydroxylation sites is 1. The molecule has 2 aromatic carbocycles. The highest BCUT2D eigenvalue weighted by Crippen LogP contribution is 2.56. The van der Waals surface area contributed by atoms with Crippen LogP contribution in [0, 0.1) is 0 Å². The first-order chi connectivity index (χ1) is 12.7. The quantitative estimate of drug-likeness (QED) is 0.849. The highest BCUT2D eigenvalue weighted by Gasteiger charge is 2.55. The van der Waals surface area contributed by atoms with Gasteiger partial charge in [0, 0.05) is 11.3 Å². The van der Waals surface area contributed by atoms with E-state index in [1.165, 1.54) is 5.56 Å². The number of ether oxygens (including phenoxy) is 1. The molecular formula is C19H21N3O2S2. The molecule has 0 bridgehead atoms. The second-order valence-corrected chi connectivity index (χ2v) is 8.45. The van der Waals surface area contributed by atoms with Gasteiger partial charge in [0.05, 0.1) is 26.5 Å². The molecule has 7 heteroatoms. The zero-order chi connectivity index (χ0) is 18.1. The van der Waals surface area contributed by atoms with Crippen LogP contribution >= 0.6 is 23.5 Å². The van der Waals surface area contributed by atoms with Crippen molar-refractivity contribution in [1.82, 2.24) is 0 Å². The first kappa shape index (κ1) is 17.6. The van der Waals surface area contributed by atoms with E-state index < -0.39 is 0 Å². The Hall–Kier alpha value is -1.83. The van der Waals surface area contributed by atoms with Crippen LogP contribution in [-0.4, -0.2) is 37.6 Å². The maximum Gasteiger partial charge on any atom is 0.146 e. The fraction of sp³-hybridized carbons (Fsp3) is 0.316. The van der Waals surface area contributed by atoms with Gasteiger partial charge >= 0.3 is 0 Å². The second kappa shape index (κ2) is 7.06. The van der Waals surface area contributed by atoms with Crippen molar-refractivity contribution in [2.75, 3.05) is 37.4 Å². The van der Waals surface area contributed by atoms with Crippen LogP contribution in [0.5, 0.6) is 5.75 Å². The van der Waals surface area contributed by atoms with Gasteiger partial charge in [-0.25, -0.2) is 5.06 Å². The molecule has 0 fully saturated rings. The van der Waals surface area contributed by atoms with Crippen LogP contribution in [0.25, 0.3) is 0 Å². The maximum absolute atomic E-state index is 5.80. The number of fused-ring (bicyclic) bond motifs is 2. The molecule has 0 amide bonds. The SMILES string of the molecule is COc1ccc(N[C@H]2N(OC)c3ccccc3[C@@]23CN=C(SC)S3)cc1. The maximum atomic E-state index is 5.80. The number of benzene rings is 2. The third kappa shape index (κ3) is 2.74. The summed E-state index contributed by atoms with van der Waals surface area (Å²) in [6.07, 6.45) is 2.00. The fourth-order valence-electron chi connectivity index (χ4n) is 3.51. The van der Waals surface area contributed by atoms with E-state index in [9.17, 15) is 0 Å². The van der Waals surface area contributed by atoms with Gasteiger partial charge in [-0.15, -0.1) is 11.8 Å². The largest absolute Gasteiger partial charge is 0.497 e. The molecule has 2 aliphatic heterocycles. The van der Waals surface area contributed by atoms with Gasteiger partial charge in [-0.3, -0.25) is 9.83 Å². The van der Waals surface area contributed by atoms with Crippen LogP contribution in [0.15, 0.2) is 53.5 Å². The molecule has 26 heavy (non-hydrogen) atoms. The van der Waals surface area contributed by atoms with Crippen LogP contribution in [0.1, 0.15) is 5.56 Å². The van der Waals surface area contributed by atoms with E-state index in [0.717, 1.165) is 28.0 Å². The van der Waals surface area contributed by atoms with Gasteiger partial charge in [-0.05, 0) is 36.6 Å². The third-order valence-electron chi connectivity index (χ3n) is 4.75. The summed E-state index contributed by atoms with van der Waals surface area (Å²) in [6, 6.07) is 16.4. The van der Waals surface area contributed by atoms with E-state index in [1.807, 2.05) is 47.2 Å². The Morgan fingerprint density at radius 3 is 2.62 bits per heavy atom. The topological polar surface area (TPSA) is 46.1 Å². The molecule has 2 atom stereocenters. The third-order valence-corrected chi connectivity index (χ3v) is 7.22. The van der Waals surface area contributed by atoms with Crippen molar-refractivity contribution in [2.45, 2.75) is 10.9 Å². The first-order valence-corrected chi connectivity index (χ1v) is 10.4. The molecule has 5 nitrogen and oxygen atoms in total. The summed E-state index contributed by atoms with van der Waals surface area (Å²) in [5.74, 6) is 0.840. The predicted molar refractivity (Wildman–Crippen MR) is 111 cm³/mol. The number of nitrogens with zero attached hydrogens (tertiary/aromatic N) is 2. The molecule has 0 radical (unpaired) electrons. The summed E-state index contributed by atoms with van der Waals surface area (Å²) in [5, 5.41) is 5.62. The molecule has 1 N–H and O–H groups in total. The number of rotatable bonds is 4. The van der Waals surface area contributed by atoms with E-state index in [0.29, 0.717) is 0 Å². The van der Waals surface area contributed by atoms with Crippen molar-refractivity contribution in [3.63, 3.8) is 0 Å². The van der Waals surface area contributed by atoms with E-state index >= 15 is 0 Å². The smallest absolute Gasteiger partial charge is 0.146 e. The lowest BCUT2D eigenvalue weighted by atomic mass is 9.97. The molecular weight excluding hydrogens is 366 g/mol. The minimum Gasteiger partial charge on any atom is -0.497 e. The molecule has 0 unspecified atom stereocenters. The lowest BCUT2D eigenvalue weighted by molar-refractivity contribution is 0.145. The highest BCUT2D eigenvalue weighted by molar-refractivity contribution is 8.39. The van der Waals surface area contributed by atoms with Crippen molar-refractivity contribution in [1.29, 1.82) is 0 Å². The van der Waals surface area contributed by atoms with Gasteiger partial charge in [0.15, 0.2) is 0 Å². The van der Waals surface area contributed by atoms with Crippen molar-refractivity contribution < 1.29 is 9.57 Å². The summed E-state index contributed by atoms with van der Waals surface area (Å²) in [7, 11) is 3.39. The molecule has 0 aromatic heterocycles. The number of hydrogen-bond acceptors (Lipinski definition) is 7. The number of methoxy groups -OCH3 is 1. The Kier molecular flexibility index (Phi) is 4.77. The predicted octanol–water partition coefficient (Wildman–Crippen LogP) is 4.18. The second-order valence-electron chi connectivity index (χ2n) is 6.08. The average Bonchev–Trinajstić information content (AvgIpc) is 3.24. The monoisotopic (exact) mass is 387 g/mol. The normalized spacial score (nSPS) is 23.9. The Morgan fingerprint density at radius 1 is 1.19 bits per heavy atom. The number of aliphatic imine (C=N–C) groups is 1. The lowest BCUT2D eigenvalue weighted by Gasteiger charge is -2.35. The molecule has 0 saturated carbocycles. The van der Waals surface area contributed by atoms with Crippen LogP contribution in [0.3, 0.4) is 0 Å². The van der Waals surface area contributed by atoms with Gasteiger partial charge in [0.2, 0.25) is 0 Å². The van der Waals surface area contributed by atoms with Gasteiger partial charge in [-0.2, -0.15) is 0 Å². The van der Waals surface area contributed by atoms with Crippen molar-refractivity contribution in [2.24, 2.45) is 4.99 Å². The van der Waals surface area contributed by atoms with Crippen LogP contribution < -0.4 is 15.1 Å². The molecule has 2 aromatic rings. The van der Waals surface area contributed by atoms with E-state index in [2.05, 4.69) is 29.8 Å². The lowest BCUT2D eigenvalue weighted by Crippen LogP contribution is -2.48. The van der Waals surface area contributed by atoms with Crippen molar-refractivity contribution in [3.05, 3.63) is 54.1 Å². The highest BCUT2D eigenvalue weighted by atomic mass is 32.2. The number of nitrogens with one attached hydrogen (secondary N) is 1. The minimum atomic E-state index is -0.217. The Bertz CT molecular complexity index is 828. The minimum absolute atomic E-state index is 0.0725. The average molecular weight is 388 g/mol. The molecule has 0 aliphatic carbocycles. The van der Waals surface area contributed by atoms with E-state index in [4.69, 9.17) is 14.6 Å². The summed E-state index contributed by atoms with van der Waals surface area (Å²) in [5.41, 5.74) is 3.36. The molecule has 2 aliphatic rings. The summed E-state index contributed by atoms with van der Waals surface area (Å²) < 4.78 is 6.16. The van der Waals surface area contributed by atoms with Gasteiger partial charge < -0.3 is 10.1 Å². The first-order valence-electron chi connectivity index (χ1n) is 8.33. The molecule has 136 valence electrons. The van der Waals surface area contributed by atoms with Gasteiger partial charge in [-0.1, -0.05) is 30.0 Å². The Labute approximate surface area is 162 Å². The van der Waals surface area contributed by atoms with E-state index in [-0.39, 0.29) is 10.9 Å². The summed E-state index contributed by atoms with van der Waals surface area (Å²) >= 11 is 3.52. The zero-order valence-corrected chi connectivity index (χ0v) is 16.6. The molecule has 0 saturated heterocycles. The number of thioether (sulfide) groups is 2. The van der Waals surface area contributed by atoms with Gasteiger partial charge in [0.25, 0.3) is 0 Å². The van der Waals surface area contributed by atoms with E-state index in [1.54, 1.807) is 26.0 Å². The van der Waals surface area contributed by atoms with Crippen molar-refractivity contribution in [3.8, 4) is 5.75 Å². The number of hydrogen-bond donors (Lipinski definition) is 1. The number of anilines is 2.